The summed E-state index contributed by atoms with van der Waals surface area (Å²) in [4.78, 5) is 20.7. The van der Waals surface area contributed by atoms with Crippen molar-refractivity contribution in [2.75, 3.05) is 0 Å². The van der Waals surface area contributed by atoms with Crippen molar-refractivity contribution in [1.29, 1.82) is 0 Å². The summed E-state index contributed by atoms with van der Waals surface area (Å²) in [6.45, 7) is 1.97. The number of aldehydes is 1. The van der Waals surface area contributed by atoms with Gasteiger partial charge in [0, 0.05) is 17.8 Å². The lowest BCUT2D eigenvalue weighted by molar-refractivity contribution is -0.533. The first-order valence-electron chi connectivity index (χ1n) is 8.68. The van der Waals surface area contributed by atoms with Crippen molar-refractivity contribution in [3.63, 3.8) is 0 Å². The van der Waals surface area contributed by atoms with Crippen molar-refractivity contribution in [1.82, 2.24) is 0 Å². The fourth-order valence-electron chi connectivity index (χ4n) is 2.32. The molecule has 5 heteroatoms. The average Bonchev–Trinajstić information content (AvgIpc) is 2.52. The molecule has 0 aromatic heterocycles. The third-order valence-electron chi connectivity index (χ3n) is 3.73. The van der Waals surface area contributed by atoms with Gasteiger partial charge < -0.3 is 9.90 Å². The number of carbonyl (C=O) groups excluding carboxylic acids is 1. The molecule has 0 amide bonds. The van der Waals surface area contributed by atoms with E-state index in [4.69, 9.17) is 0 Å². The van der Waals surface area contributed by atoms with Crippen molar-refractivity contribution in [3.05, 3.63) is 34.4 Å². The highest BCUT2D eigenvalue weighted by Gasteiger charge is 2.27. The highest BCUT2D eigenvalue weighted by molar-refractivity contribution is 5.48. The summed E-state index contributed by atoms with van der Waals surface area (Å²) in [6, 6.07) is -0.930. The van der Waals surface area contributed by atoms with Crippen LogP contribution in [-0.4, -0.2) is 28.5 Å². The average molecular weight is 325 g/mol. The molecular formula is C18H31NO4. The summed E-state index contributed by atoms with van der Waals surface area (Å²) < 4.78 is 0. The van der Waals surface area contributed by atoms with E-state index in [1.165, 1.54) is 0 Å². The Morgan fingerprint density at radius 3 is 2.17 bits per heavy atom. The molecule has 2 atom stereocenters. The normalized spacial score (nSPS) is 14.3. The van der Waals surface area contributed by atoms with Crippen LogP contribution in [0.4, 0.5) is 0 Å². The maximum absolute atomic E-state index is 11.0. The maximum atomic E-state index is 11.0. The van der Waals surface area contributed by atoms with Gasteiger partial charge in [-0.15, -0.1) is 0 Å². The van der Waals surface area contributed by atoms with Crippen LogP contribution in [0, 0.1) is 10.1 Å². The summed E-state index contributed by atoms with van der Waals surface area (Å²) in [7, 11) is 0. The van der Waals surface area contributed by atoms with Gasteiger partial charge >= 0.3 is 0 Å². The van der Waals surface area contributed by atoms with Gasteiger partial charge in [-0.25, -0.2) is 0 Å². The van der Waals surface area contributed by atoms with E-state index in [1.807, 2.05) is 25.2 Å². The van der Waals surface area contributed by atoms with Crippen LogP contribution in [0.25, 0.3) is 0 Å². The van der Waals surface area contributed by atoms with Gasteiger partial charge in [0.25, 0.3) is 0 Å². The molecule has 0 aliphatic rings. The first-order valence-corrected chi connectivity index (χ1v) is 8.68. The number of nitro groups is 1. The van der Waals surface area contributed by atoms with Crippen LogP contribution in [0.15, 0.2) is 24.3 Å². The van der Waals surface area contributed by atoms with Crippen molar-refractivity contribution < 1.29 is 14.8 Å². The molecule has 0 radical (unpaired) electrons. The quantitative estimate of drug-likeness (QED) is 0.161. The molecule has 0 spiro atoms. The van der Waals surface area contributed by atoms with Gasteiger partial charge in [-0.05, 0) is 32.1 Å². The molecule has 0 aliphatic carbocycles. The molecular weight excluding hydrogens is 294 g/mol. The van der Waals surface area contributed by atoms with E-state index in [0.29, 0.717) is 12.8 Å². The van der Waals surface area contributed by atoms with Crippen molar-refractivity contribution in [3.8, 4) is 0 Å². The second-order valence-corrected chi connectivity index (χ2v) is 5.75. The lowest BCUT2D eigenvalue weighted by Gasteiger charge is -2.12. The van der Waals surface area contributed by atoms with Crippen LogP contribution >= 0.6 is 0 Å². The molecule has 0 fully saturated rings. The Hall–Kier alpha value is -1.49. The lowest BCUT2D eigenvalue weighted by Crippen LogP contribution is -2.32. The SMILES string of the molecule is CC/C=C\CC(C(O)C/C=C\CCCCCCCC=O)[N+](=O)[O-]. The zero-order valence-corrected chi connectivity index (χ0v) is 14.2. The van der Waals surface area contributed by atoms with E-state index in [9.17, 15) is 20.0 Å². The summed E-state index contributed by atoms with van der Waals surface area (Å²) in [5, 5.41) is 20.9. The molecule has 2 unspecified atom stereocenters. The summed E-state index contributed by atoms with van der Waals surface area (Å²) in [5.41, 5.74) is 0. The molecule has 0 heterocycles. The molecule has 0 bridgehead atoms. The van der Waals surface area contributed by atoms with E-state index in [-0.39, 0.29) is 6.42 Å². The fraction of sp³-hybridized carbons (Fsp3) is 0.722. The van der Waals surface area contributed by atoms with Gasteiger partial charge in [0.15, 0.2) is 0 Å². The lowest BCUT2D eigenvalue weighted by atomic mass is 10.0. The van der Waals surface area contributed by atoms with Crippen molar-refractivity contribution in [2.24, 2.45) is 0 Å². The molecule has 0 rings (SSSR count). The van der Waals surface area contributed by atoms with E-state index < -0.39 is 17.1 Å². The third kappa shape index (κ3) is 12.7. The molecule has 0 aromatic carbocycles. The van der Waals surface area contributed by atoms with E-state index in [1.54, 1.807) is 6.08 Å². The predicted molar refractivity (Wildman–Crippen MR) is 93.0 cm³/mol. The molecule has 132 valence electrons. The van der Waals surface area contributed by atoms with Crippen LogP contribution < -0.4 is 0 Å². The minimum Gasteiger partial charge on any atom is -0.386 e. The Balaban J connectivity index is 3.83. The Labute approximate surface area is 139 Å². The summed E-state index contributed by atoms with van der Waals surface area (Å²) >= 11 is 0. The van der Waals surface area contributed by atoms with Gasteiger partial charge in [-0.3, -0.25) is 10.1 Å². The standard InChI is InChI=1S/C18H31NO4/c1-2-3-11-14-17(19(22)23)18(21)15-12-9-7-5-4-6-8-10-13-16-20/h3,9,11-12,16-18,21H,2,4-8,10,13-15H2,1H3/b11-3-,12-9-. The summed E-state index contributed by atoms with van der Waals surface area (Å²) in [6.07, 6.45) is 15.9. The number of allylic oxidation sites excluding steroid dienone is 2. The van der Waals surface area contributed by atoms with Crippen LogP contribution in [0.2, 0.25) is 0 Å². The minimum absolute atomic E-state index is 0.274. The number of aliphatic hydroxyl groups excluding tert-OH is 1. The predicted octanol–water partition coefficient (Wildman–Crippen LogP) is 4.22. The van der Waals surface area contributed by atoms with Gasteiger partial charge in [0.05, 0.1) is 0 Å². The molecule has 0 saturated heterocycles. The Bertz CT molecular complexity index is 366. The highest BCUT2D eigenvalue weighted by atomic mass is 16.6. The zero-order chi connectivity index (χ0) is 17.3. The second kappa shape index (κ2) is 15.4. The Morgan fingerprint density at radius 2 is 1.57 bits per heavy atom. The Morgan fingerprint density at radius 1 is 0.957 bits per heavy atom. The smallest absolute Gasteiger partial charge is 0.242 e. The number of carbonyl (C=O) groups is 1. The van der Waals surface area contributed by atoms with Gasteiger partial charge in [0.1, 0.15) is 12.4 Å². The first-order chi connectivity index (χ1) is 11.1. The van der Waals surface area contributed by atoms with Gasteiger partial charge in [0.2, 0.25) is 6.04 Å². The van der Waals surface area contributed by atoms with Gasteiger partial charge in [-0.1, -0.05) is 50.5 Å². The first kappa shape index (κ1) is 21.5. The third-order valence-corrected chi connectivity index (χ3v) is 3.73. The summed E-state index contributed by atoms with van der Waals surface area (Å²) in [5.74, 6) is 0. The molecule has 23 heavy (non-hydrogen) atoms. The molecule has 0 aliphatic heterocycles. The number of hydrogen-bond donors (Lipinski definition) is 1. The minimum atomic E-state index is -0.939. The molecule has 0 saturated carbocycles. The molecule has 5 nitrogen and oxygen atoms in total. The number of hydrogen-bond acceptors (Lipinski definition) is 4. The number of aliphatic hydroxyl groups is 1. The van der Waals surface area contributed by atoms with Crippen molar-refractivity contribution >= 4 is 6.29 Å². The molecule has 0 aromatic rings. The number of nitrogens with zero attached hydrogens (tertiary/aromatic N) is 1. The van der Waals surface area contributed by atoms with E-state index in [0.717, 1.165) is 51.2 Å². The van der Waals surface area contributed by atoms with Crippen LogP contribution in [0.1, 0.15) is 71.1 Å². The monoisotopic (exact) mass is 325 g/mol. The Kier molecular flexibility index (Phi) is 14.4. The van der Waals surface area contributed by atoms with Crippen LogP contribution in [-0.2, 0) is 4.79 Å². The van der Waals surface area contributed by atoms with E-state index >= 15 is 0 Å². The highest BCUT2D eigenvalue weighted by Crippen LogP contribution is 2.11. The fourth-order valence-corrected chi connectivity index (χ4v) is 2.32. The van der Waals surface area contributed by atoms with Crippen LogP contribution in [0.3, 0.4) is 0 Å². The van der Waals surface area contributed by atoms with E-state index in [2.05, 4.69) is 0 Å². The largest absolute Gasteiger partial charge is 0.386 e. The van der Waals surface area contributed by atoms with Gasteiger partial charge in [-0.2, -0.15) is 0 Å². The zero-order valence-electron chi connectivity index (χ0n) is 14.2. The van der Waals surface area contributed by atoms with Crippen molar-refractivity contribution in [2.45, 2.75) is 83.3 Å². The number of rotatable bonds is 15. The maximum Gasteiger partial charge on any atom is 0.242 e. The topological polar surface area (TPSA) is 80.4 Å². The molecule has 1 N–H and O–H groups in total. The number of unbranched alkanes of at least 4 members (excludes halogenated alkanes) is 6. The van der Waals surface area contributed by atoms with Crippen LogP contribution in [0.5, 0.6) is 0 Å². The second-order valence-electron chi connectivity index (χ2n) is 5.75.